The molecule has 138 valence electrons. The standard InChI is InChI=1S/C19H21BrN2O3S/c1-3-24-15-6-5-12(9-16(15)25-4-2)7-8-21-19(23)14-10-17-18(22-14)13(20)11-26-17/h5-6,9-11,22H,3-4,7-8H2,1-2H3,(H,21,23). The number of H-pyrrole nitrogens is 1. The zero-order valence-electron chi connectivity index (χ0n) is 14.7. The molecule has 3 aromatic rings. The lowest BCUT2D eigenvalue weighted by molar-refractivity contribution is 0.0950. The third kappa shape index (κ3) is 4.22. The quantitative estimate of drug-likeness (QED) is 0.534. The fourth-order valence-electron chi connectivity index (χ4n) is 2.67. The van der Waals surface area contributed by atoms with Gasteiger partial charge >= 0.3 is 0 Å². The number of ether oxygens (including phenoxy) is 2. The number of carbonyl (C=O) groups excluding carboxylic acids is 1. The zero-order valence-corrected chi connectivity index (χ0v) is 17.1. The molecule has 1 aromatic carbocycles. The summed E-state index contributed by atoms with van der Waals surface area (Å²) in [6.45, 7) is 5.62. The number of fused-ring (bicyclic) bond motifs is 1. The third-order valence-corrected chi connectivity index (χ3v) is 5.72. The van der Waals surface area contributed by atoms with Crippen molar-refractivity contribution >= 4 is 43.4 Å². The Hall–Kier alpha value is -1.99. The SMILES string of the molecule is CCOc1ccc(CCNC(=O)c2cc3scc(Br)c3[nH]2)cc1OCC. The van der Waals surface area contributed by atoms with Crippen LogP contribution >= 0.6 is 27.3 Å². The Bertz CT molecular complexity index is 903. The molecule has 7 heteroatoms. The minimum Gasteiger partial charge on any atom is -0.490 e. The summed E-state index contributed by atoms with van der Waals surface area (Å²) in [6, 6.07) is 7.77. The number of nitrogens with one attached hydrogen (secondary N) is 2. The van der Waals surface area contributed by atoms with E-state index in [2.05, 4.69) is 26.2 Å². The number of thiophene rings is 1. The maximum atomic E-state index is 12.3. The Balaban J connectivity index is 1.59. The average molecular weight is 437 g/mol. The molecule has 1 amide bonds. The summed E-state index contributed by atoms with van der Waals surface area (Å²) < 4.78 is 13.3. The van der Waals surface area contributed by atoms with Crippen LogP contribution in [-0.2, 0) is 6.42 Å². The highest BCUT2D eigenvalue weighted by molar-refractivity contribution is 9.10. The topological polar surface area (TPSA) is 63.3 Å². The van der Waals surface area contributed by atoms with Gasteiger partial charge in [-0.05, 0) is 60.0 Å². The Morgan fingerprint density at radius 3 is 2.69 bits per heavy atom. The molecule has 0 saturated heterocycles. The minimum atomic E-state index is -0.101. The van der Waals surface area contributed by atoms with Crippen molar-refractivity contribution in [2.45, 2.75) is 20.3 Å². The van der Waals surface area contributed by atoms with Crippen LogP contribution in [0.5, 0.6) is 11.5 Å². The lowest BCUT2D eigenvalue weighted by atomic mass is 10.1. The van der Waals surface area contributed by atoms with Crippen LogP contribution in [0, 0.1) is 0 Å². The Morgan fingerprint density at radius 1 is 1.19 bits per heavy atom. The van der Waals surface area contributed by atoms with Gasteiger partial charge in [0.1, 0.15) is 5.69 Å². The zero-order chi connectivity index (χ0) is 18.5. The van der Waals surface area contributed by atoms with E-state index in [-0.39, 0.29) is 5.91 Å². The second-order valence-corrected chi connectivity index (χ2v) is 7.42. The first-order chi connectivity index (χ1) is 12.6. The second-order valence-electron chi connectivity index (χ2n) is 5.66. The Labute approximate surface area is 164 Å². The molecule has 0 saturated carbocycles. The molecule has 0 bridgehead atoms. The number of rotatable bonds is 8. The summed E-state index contributed by atoms with van der Waals surface area (Å²) >= 11 is 5.07. The summed E-state index contributed by atoms with van der Waals surface area (Å²) in [6.07, 6.45) is 0.719. The summed E-state index contributed by atoms with van der Waals surface area (Å²) in [5.41, 5.74) is 2.63. The molecule has 2 heterocycles. The van der Waals surface area contributed by atoms with Crippen LogP contribution in [0.1, 0.15) is 29.9 Å². The van der Waals surface area contributed by atoms with E-state index in [9.17, 15) is 4.79 Å². The van der Waals surface area contributed by atoms with Crippen molar-refractivity contribution < 1.29 is 14.3 Å². The van der Waals surface area contributed by atoms with E-state index < -0.39 is 0 Å². The van der Waals surface area contributed by atoms with Gasteiger partial charge in [-0.15, -0.1) is 11.3 Å². The van der Waals surface area contributed by atoms with Crippen LogP contribution in [0.4, 0.5) is 0 Å². The Kier molecular flexibility index (Phi) is 6.21. The smallest absolute Gasteiger partial charge is 0.267 e. The number of halogens is 1. The molecule has 26 heavy (non-hydrogen) atoms. The highest BCUT2D eigenvalue weighted by Gasteiger charge is 2.12. The van der Waals surface area contributed by atoms with Gasteiger partial charge < -0.3 is 19.8 Å². The molecular formula is C19H21BrN2O3S. The lowest BCUT2D eigenvalue weighted by Gasteiger charge is -2.12. The summed E-state index contributed by atoms with van der Waals surface area (Å²) in [5.74, 6) is 1.39. The fraction of sp³-hybridized carbons (Fsp3) is 0.316. The molecule has 0 aliphatic rings. The van der Waals surface area contributed by atoms with Gasteiger partial charge in [0.15, 0.2) is 11.5 Å². The van der Waals surface area contributed by atoms with E-state index in [1.54, 1.807) is 11.3 Å². The highest BCUT2D eigenvalue weighted by atomic mass is 79.9. The molecule has 3 rings (SSSR count). The number of aromatic nitrogens is 1. The largest absolute Gasteiger partial charge is 0.490 e. The lowest BCUT2D eigenvalue weighted by Crippen LogP contribution is -2.25. The summed E-state index contributed by atoms with van der Waals surface area (Å²) in [7, 11) is 0. The van der Waals surface area contributed by atoms with E-state index in [1.807, 2.05) is 43.5 Å². The van der Waals surface area contributed by atoms with Crippen molar-refractivity contribution in [1.82, 2.24) is 10.3 Å². The maximum absolute atomic E-state index is 12.3. The van der Waals surface area contributed by atoms with Crippen LogP contribution in [0.15, 0.2) is 34.1 Å². The number of hydrogen-bond donors (Lipinski definition) is 2. The van der Waals surface area contributed by atoms with Gasteiger partial charge in [0.2, 0.25) is 0 Å². The highest BCUT2D eigenvalue weighted by Crippen LogP contribution is 2.30. The molecule has 0 atom stereocenters. The van der Waals surface area contributed by atoms with E-state index in [0.29, 0.717) is 25.5 Å². The van der Waals surface area contributed by atoms with Gasteiger partial charge in [-0.25, -0.2) is 0 Å². The molecule has 0 unspecified atom stereocenters. The van der Waals surface area contributed by atoms with Crippen molar-refractivity contribution in [1.29, 1.82) is 0 Å². The third-order valence-electron chi connectivity index (χ3n) is 3.86. The molecule has 0 fully saturated rings. The van der Waals surface area contributed by atoms with Crippen LogP contribution in [0.3, 0.4) is 0 Å². The van der Waals surface area contributed by atoms with E-state index >= 15 is 0 Å². The maximum Gasteiger partial charge on any atom is 0.267 e. The van der Waals surface area contributed by atoms with Crippen LogP contribution in [0.2, 0.25) is 0 Å². The van der Waals surface area contributed by atoms with E-state index in [0.717, 1.165) is 38.2 Å². The summed E-state index contributed by atoms with van der Waals surface area (Å²) in [5, 5.41) is 4.96. The minimum absolute atomic E-state index is 0.101. The van der Waals surface area contributed by atoms with Gasteiger partial charge in [0, 0.05) is 11.9 Å². The van der Waals surface area contributed by atoms with Gasteiger partial charge in [0.25, 0.3) is 5.91 Å². The molecule has 2 aromatic heterocycles. The van der Waals surface area contributed by atoms with E-state index in [1.165, 1.54) is 0 Å². The average Bonchev–Trinajstić information content (AvgIpc) is 3.20. The first-order valence-corrected chi connectivity index (χ1v) is 10.2. The fourth-order valence-corrected chi connectivity index (χ4v) is 4.21. The van der Waals surface area contributed by atoms with Gasteiger partial charge in [-0.3, -0.25) is 4.79 Å². The van der Waals surface area contributed by atoms with Crippen molar-refractivity contribution in [3.63, 3.8) is 0 Å². The van der Waals surface area contributed by atoms with Crippen LogP contribution in [0.25, 0.3) is 10.2 Å². The van der Waals surface area contributed by atoms with Crippen LogP contribution in [-0.4, -0.2) is 30.6 Å². The number of aromatic amines is 1. The number of amides is 1. The molecule has 5 nitrogen and oxygen atoms in total. The molecule has 0 radical (unpaired) electrons. The van der Waals surface area contributed by atoms with Gasteiger partial charge in [0.05, 0.1) is 27.9 Å². The normalized spacial score (nSPS) is 10.9. The molecule has 2 N–H and O–H groups in total. The predicted octanol–water partition coefficient (Wildman–Crippen LogP) is 4.76. The number of carbonyl (C=O) groups is 1. The second kappa shape index (κ2) is 8.60. The number of benzene rings is 1. The summed E-state index contributed by atoms with van der Waals surface area (Å²) in [4.78, 5) is 15.5. The first-order valence-electron chi connectivity index (χ1n) is 8.54. The molecule has 0 aliphatic carbocycles. The number of hydrogen-bond acceptors (Lipinski definition) is 4. The van der Waals surface area contributed by atoms with Crippen molar-refractivity contribution in [3.05, 3.63) is 45.4 Å². The molecule has 0 spiro atoms. The monoisotopic (exact) mass is 436 g/mol. The van der Waals surface area contributed by atoms with Crippen molar-refractivity contribution in [3.8, 4) is 11.5 Å². The molecule has 0 aliphatic heterocycles. The van der Waals surface area contributed by atoms with Crippen LogP contribution < -0.4 is 14.8 Å². The Morgan fingerprint density at radius 2 is 1.96 bits per heavy atom. The molecular weight excluding hydrogens is 416 g/mol. The van der Waals surface area contributed by atoms with Crippen molar-refractivity contribution in [2.75, 3.05) is 19.8 Å². The van der Waals surface area contributed by atoms with Gasteiger partial charge in [-0.2, -0.15) is 0 Å². The van der Waals surface area contributed by atoms with Gasteiger partial charge in [-0.1, -0.05) is 6.07 Å². The van der Waals surface area contributed by atoms with Crippen molar-refractivity contribution in [2.24, 2.45) is 0 Å². The van der Waals surface area contributed by atoms with E-state index in [4.69, 9.17) is 9.47 Å². The predicted molar refractivity (Wildman–Crippen MR) is 109 cm³/mol. The first kappa shape index (κ1) is 18.8.